The highest BCUT2D eigenvalue weighted by Gasteiger charge is 2.24. The molecular weight excluding hydrogens is 380 g/mol. The average molecular weight is 401 g/mol. The first kappa shape index (κ1) is 19.3. The summed E-state index contributed by atoms with van der Waals surface area (Å²) < 4.78 is 5.36. The first-order valence-corrected chi connectivity index (χ1v) is 10.4. The highest BCUT2D eigenvalue weighted by Crippen LogP contribution is 2.26. The first-order valence-electron chi connectivity index (χ1n) is 8.61. The lowest BCUT2D eigenvalue weighted by Crippen LogP contribution is -2.40. The van der Waals surface area contributed by atoms with E-state index in [-0.39, 0.29) is 12.3 Å². The second-order valence-electron chi connectivity index (χ2n) is 5.88. The van der Waals surface area contributed by atoms with E-state index in [9.17, 15) is 9.59 Å². The largest absolute Gasteiger partial charge is 0.452 e. The molecule has 1 atom stereocenters. The van der Waals surface area contributed by atoms with Gasteiger partial charge in [-0.3, -0.25) is 9.59 Å². The van der Waals surface area contributed by atoms with Gasteiger partial charge < -0.3 is 9.64 Å². The Morgan fingerprint density at radius 1 is 1.19 bits per heavy atom. The molecule has 1 amide bonds. The fourth-order valence-electron chi connectivity index (χ4n) is 2.64. The second kappa shape index (κ2) is 8.92. The molecule has 1 aromatic carbocycles. The number of amides is 1. The molecule has 0 fully saturated rings. The molecule has 7 heteroatoms. The molecule has 0 unspecified atom stereocenters. The van der Waals surface area contributed by atoms with E-state index in [2.05, 4.69) is 4.98 Å². The number of esters is 1. The Hall–Kier alpha value is -2.51. The van der Waals surface area contributed by atoms with Crippen LogP contribution in [-0.2, 0) is 20.7 Å². The molecule has 5 nitrogen and oxygen atoms in total. The predicted octanol–water partition coefficient (Wildman–Crippen LogP) is 4.40. The lowest BCUT2D eigenvalue weighted by atomic mass is 10.2. The van der Waals surface area contributed by atoms with Gasteiger partial charge in [0.05, 0.1) is 12.1 Å². The average Bonchev–Trinajstić information content (AvgIpc) is 3.34. The molecule has 0 bridgehead atoms. The zero-order valence-corrected chi connectivity index (χ0v) is 16.8. The van der Waals surface area contributed by atoms with Crippen LogP contribution in [0.3, 0.4) is 0 Å². The van der Waals surface area contributed by atoms with Crippen molar-refractivity contribution in [1.82, 2.24) is 4.98 Å². The molecule has 0 N–H and O–H groups in total. The fraction of sp³-hybridized carbons (Fsp3) is 0.250. The minimum Gasteiger partial charge on any atom is -0.452 e. The molecule has 0 saturated heterocycles. The number of carbonyl (C=O) groups is 2. The summed E-state index contributed by atoms with van der Waals surface area (Å²) in [7, 11) is 0. The summed E-state index contributed by atoms with van der Waals surface area (Å²) in [6.45, 7) is 3.99. The van der Waals surface area contributed by atoms with Crippen LogP contribution in [0.4, 0.5) is 5.69 Å². The van der Waals surface area contributed by atoms with Gasteiger partial charge in [-0.05, 0) is 37.4 Å². The van der Waals surface area contributed by atoms with Gasteiger partial charge in [-0.1, -0.05) is 18.2 Å². The van der Waals surface area contributed by atoms with Gasteiger partial charge in [-0.15, -0.1) is 11.3 Å². The van der Waals surface area contributed by atoms with E-state index in [1.165, 1.54) is 11.3 Å². The van der Waals surface area contributed by atoms with E-state index in [1.54, 1.807) is 23.2 Å². The molecule has 0 radical (unpaired) electrons. The fourth-order valence-corrected chi connectivity index (χ4v) is 4.17. The van der Waals surface area contributed by atoms with Crippen LogP contribution in [0.15, 0.2) is 52.5 Å². The first-order chi connectivity index (χ1) is 13.1. The number of anilines is 1. The number of rotatable bonds is 7. The Balaban J connectivity index is 1.59. The van der Waals surface area contributed by atoms with Crippen molar-refractivity contribution in [2.75, 3.05) is 11.4 Å². The van der Waals surface area contributed by atoms with Gasteiger partial charge in [0.1, 0.15) is 5.01 Å². The van der Waals surface area contributed by atoms with Gasteiger partial charge >= 0.3 is 5.97 Å². The third kappa shape index (κ3) is 4.81. The maximum Gasteiger partial charge on any atom is 0.312 e. The molecular formula is C20H20N2O3S2. The molecule has 0 aliphatic heterocycles. The standard InChI is InChI=1S/C20H20N2O3S2/c1-3-22(17-7-5-4-6-8-17)20(24)14(2)25-18(23)11-16-13-27-19(21-16)15-9-10-26-12-15/h4-10,12-14H,3,11H2,1-2H3/t14-/m0/s1. The number of ether oxygens (including phenoxy) is 1. The van der Waals surface area contributed by atoms with Crippen molar-refractivity contribution in [3.63, 3.8) is 0 Å². The van der Waals surface area contributed by atoms with Crippen LogP contribution in [0.5, 0.6) is 0 Å². The third-order valence-corrected chi connectivity index (χ3v) is 5.57. The van der Waals surface area contributed by atoms with Gasteiger partial charge in [-0.2, -0.15) is 11.3 Å². The number of likely N-dealkylation sites (N-methyl/N-ethyl adjacent to an activating group) is 1. The van der Waals surface area contributed by atoms with Crippen LogP contribution in [0.25, 0.3) is 10.6 Å². The van der Waals surface area contributed by atoms with Crippen molar-refractivity contribution in [3.05, 3.63) is 58.2 Å². The Labute approximate surface area is 166 Å². The van der Waals surface area contributed by atoms with Crippen LogP contribution < -0.4 is 4.90 Å². The monoisotopic (exact) mass is 400 g/mol. The molecule has 0 aliphatic rings. The van der Waals surface area contributed by atoms with Crippen molar-refractivity contribution in [2.45, 2.75) is 26.4 Å². The van der Waals surface area contributed by atoms with Crippen LogP contribution >= 0.6 is 22.7 Å². The van der Waals surface area contributed by atoms with Crippen molar-refractivity contribution < 1.29 is 14.3 Å². The Morgan fingerprint density at radius 2 is 1.96 bits per heavy atom. The van der Waals surface area contributed by atoms with Crippen LogP contribution in [0.1, 0.15) is 19.5 Å². The highest BCUT2D eigenvalue weighted by atomic mass is 32.1. The maximum atomic E-state index is 12.7. The van der Waals surface area contributed by atoms with Gasteiger partial charge in [0.2, 0.25) is 0 Å². The number of hydrogen-bond acceptors (Lipinski definition) is 6. The maximum absolute atomic E-state index is 12.7. The molecule has 2 aromatic heterocycles. The van der Waals surface area contributed by atoms with Gasteiger partial charge in [0.15, 0.2) is 6.10 Å². The number of hydrogen-bond donors (Lipinski definition) is 0. The Kier molecular flexibility index (Phi) is 6.36. The molecule has 140 valence electrons. The lowest BCUT2D eigenvalue weighted by molar-refractivity contribution is -0.153. The van der Waals surface area contributed by atoms with Crippen LogP contribution in [0.2, 0.25) is 0 Å². The van der Waals surface area contributed by atoms with Crippen molar-refractivity contribution in [2.24, 2.45) is 0 Å². The van der Waals surface area contributed by atoms with E-state index in [0.29, 0.717) is 12.2 Å². The van der Waals surface area contributed by atoms with E-state index in [4.69, 9.17) is 4.74 Å². The van der Waals surface area contributed by atoms with E-state index >= 15 is 0 Å². The highest BCUT2D eigenvalue weighted by molar-refractivity contribution is 7.14. The zero-order chi connectivity index (χ0) is 19.2. The van der Waals surface area contributed by atoms with E-state index in [1.807, 2.05) is 59.5 Å². The molecule has 0 saturated carbocycles. The second-order valence-corrected chi connectivity index (χ2v) is 7.52. The number of thiazole rings is 1. The molecule has 0 spiro atoms. The minimum absolute atomic E-state index is 0.0513. The summed E-state index contributed by atoms with van der Waals surface area (Å²) in [5, 5.41) is 6.74. The summed E-state index contributed by atoms with van der Waals surface area (Å²) in [5.74, 6) is -0.698. The van der Waals surface area contributed by atoms with Gasteiger partial charge in [0.25, 0.3) is 5.91 Å². The molecule has 0 aliphatic carbocycles. The summed E-state index contributed by atoms with van der Waals surface area (Å²) >= 11 is 3.10. The van der Waals surface area contributed by atoms with E-state index < -0.39 is 12.1 Å². The summed E-state index contributed by atoms with van der Waals surface area (Å²) in [6, 6.07) is 11.3. The number of nitrogens with zero attached hydrogens (tertiary/aromatic N) is 2. The zero-order valence-electron chi connectivity index (χ0n) is 15.1. The quantitative estimate of drug-likeness (QED) is 0.552. The molecule has 27 heavy (non-hydrogen) atoms. The van der Waals surface area contributed by atoms with Crippen LogP contribution in [-0.4, -0.2) is 29.5 Å². The van der Waals surface area contributed by atoms with Crippen LogP contribution in [0, 0.1) is 0 Å². The summed E-state index contributed by atoms with van der Waals surface area (Å²) in [4.78, 5) is 31.0. The van der Waals surface area contributed by atoms with E-state index in [0.717, 1.165) is 16.3 Å². The smallest absolute Gasteiger partial charge is 0.312 e. The van der Waals surface area contributed by atoms with Crippen molar-refractivity contribution in [3.8, 4) is 10.6 Å². The summed E-state index contributed by atoms with van der Waals surface area (Å²) in [6.07, 6.45) is -0.803. The number of aromatic nitrogens is 1. The Bertz CT molecular complexity index is 891. The SMILES string of the molecule is CCN(C(=O)[C@H](C)OC(=O)Cc1csc(-c2ccsc2)n1)c1ccccc1. The molecule has 2 heterocycles. The number of thiophene rings is 1. The third-order valence-electron chi connectivity index (χ3n) is 3.95. The Morgan fingerprint density at radius 3 is 2.63 bits per heavy atom. The predicted molar refractivity (Wildman–Crippen MR) is 109 cm³/mol. The molecule has 3 rings (SSSR count). The summed E-state index contributed by atoms with van der Waals surface area (Å²) in [5.41, 5.74) is 2.49. The number of benzene rings is 1. The minimum atomic E-state index is -0.854. The lowest BCUT2D eigenvalue weighted by Gasteiger charge is -2.24. The van der Waals surface area contributed by atoms with Gasteiger partial charge in [-0.25, -0.2) is 4.98 Å². The number of carbonyl (C=O) groups excluding carboxylic acids is 2. The normalized spacial score (nSPS) is 11.8. The van der Waals surface area contributed by atoms with Crippen molar-refractivity contribution >= 4 is 40.2 Å². The molecule has 3 aromatic rings. The number of para-hydroxylation sites is 1. The van der Waals surface area contributed by atoms with Crippen molar-refractivity contribution in [1.29, 1.82) is 0 Å². The topological polar surface area (TPSA) is 59.5 Å². The van der Waals surface area contributed by atoms with Gasteiger partial charge in [0, 0.05) is 28.6 Å².